The molecular weight excluding hydrogens is 346 g/mol. The van der Waals surface area contributed by atoms with E-state index in [1.54, 1.807) is 42.6 Å². The van der Waals surface area contributed by atoms with Crippen molar-refractivity contribution in [1.82, 2.24) is 25.6 Å². The summed E-state index contributed by atoms with van der Waals surface area (Å²) in [4.78, 5) is 41.1. The van der Waals surface area contributed by atoms with Crippen LogP contribution in [0.15, 0.2) is 53.6 Å². The van der Waals surface area contributed by atoms with Crippen LogP contribution in [-0.4, -0.2) is 26.6 Å². The lowest BCUT2D eigenvalue weighted by molar-refractivity contribution is 0.0843. The van der Waals surface area contributed by atoms with Gasteiger partial charge in [0.05, 0.1) is 10.9 Å². The van der Waals surface area contributed by atoms with E-state index >= 15 is 0 Å². The number of hydrogen-bond donors (Lipinski definition) is 2. The molecule has 0 bridgehead atoms. The number of benzene rings is 1. The van der Waals surface area contributed by atoms with Crippen LogP contribution >= 0.6 is 0 Å². The Bertz CT molecular complexity index is 1040. The average molecular weight is 365 g/mol. The topological polar surface area (TPSA) is 106 Å². The molecule has 0 unspecified atom stereocenters. The first-order valence-electron chi connectivity index (χ1n) is 8.48. The number of pyridine rings is 1. The molecule has 0 radical (unpaired) electrons. The molecule has 2 heterocycles. The highest BCUT2D eigenvalue weighted by Gasteiger charge is 2.18. The van der Waals surface area contributed by atoms with E-state index in [2.05, 4.69) is 20.9 Å². The van der Waals surface area contributed by atoms with Crippen molar-refractivity contribution in [2.75, 3.05) is 0 Å². The fourth-order valence-electron chi connectivity index (χ4n) is 2.61. The van der Waals surface area contributed by atoms with Gasteiger partial charge in [0.1, 0.15) is 0 Å². The Labute approximate surface area is 155 Å². The fraction of sp³-hybridized carbons (Fsp3) is 0.211. The van der Waals surface area contributed by atoms with E-state index in [-0.39, 0.29) is 17.2 Å². The highest BCUT2D eigenvalue weighted by molar-refractivity contribution is 6.05. The molecule has 0 aliphatic rings. The first-order chi connectivity index (χ1) is 13.0. The fourth-order valence-corrected chi connectivity index (χ4v) is 2.61. The molecule has 2 aromatic heterocycles. The second kappa shape index (κ2) is 7.77. The molecule has 2 N–H and O–H groups in total. The van der Waals surface area contributed by atoms with Crippen LogP contribution < -0.4 is 16.4 Å². The highest BCUT2D eigenvalue weighted by Crippen LogP contribution is 2.13. The van der Waals surface area contributed by atoms with Crippen LogP contribution in [0.3, 0.4) is 0 Å². The van der Waals surface area contributed by atoms with E-state index in [0.29, 0.717) is 22.9 Å². The van der Waals surface area contributed by atoms with Crippen LogP contribution in [0.2, 0.25) is 0 Å². The lowest BCUT2D eigenvalue weighted by Crippen LogP contribution is -2.43. The average Bonchev–Trinajstić information content (AvgIpc) is 2.68. The molecule has 1 aromatic carbocycles. The number of rotatable bonds is 4. The second-order valence-electron chi connectivity index (χ2n) is 6.43. The summed E-state index contributed by atoms with van der Waals surface area (Å²) < 4.78 is 1.28. The van der Waals surface area contributed by atoms with Crippen molar-refractivity contribution in [3.8, 4) is 0 Å². The number of carbonyl (C=O) groups excluding carboxylic acids is 2. The van der Waals surface area contributed by atoms with Gasteiger partial charge in [-0.15, -0.1) is 0 Å². The molecule has 3 aromatic rings. The summed E-state index contributed by atoms with van der Waals surface area (Å²) in [5.74, 6) is -0.935. The molecular formula is C19H19N5O3. The minimum absolute atomic E-state index is 0.0670. The SMILES string of the molecule is CC(C)Cn1nc(C(=O)NNC(=O)c2cccnc2)c2ccccc2c1=O. The van der Waals surface area contributed by atoms with Gasteiger partial charge in [0.2, 0.25) is 0 Å². The lowest BCUT2D eigenvalue weighted by atomic mass is 10.1. The van der Waals surface area contributed by atoms with Crippen LogP contribution in [0.5, 0.6) is 0 Å². The summed E-state index contributed by atoms with van der Waals surface area (Å²) >= 11 is 0. The largest absolute Gasteiger partial charge is 0.290 e. The molecule has 0 aliphatic heterocycles. The zero-order valence-electron chi connectivity index (χ0n) is 15.0. The third kappa shape index (κ3) is 4.00. The van der Waals surface area contributed by atoms with Crippen molar-refractivity contribution in [3.05, 3.63) is 70.4 Å². The van der Waals surface area contributed by atoms with Gasteiger partial charge in [0, 0.05) is 24.3 Å². The molecule has 138 valence electrons. The monoisotopic (exact) mass is 365 g/mol. The number of aromatic nitrogens is 3. The maximum atomic E-state index is 12.6. The third-order valence-electron chi connectivity index (χ3n) is 3.83. The summed E-state index contributed by atoms with van der Waals surface area (Å²) in [6, 6.07) is 9.96. The van der Waals surface area contributed by atoms with Crippen LogP contribution in [-0.2, 0) is 6.54 Å². The molecule has 0 fully saturated rings. The van der Waals surface area contributed by atoms with Gasteiger partial charge >= 0.3 is 0 Å². The quantitative estimate of drug-likeness (QED) is 0.682. The minimum Gasteiger partial charge on any atom is -0.267 e. The first-order valence-corrected chi connectivity index (χ1v) is 8.48. The lowest BCUT2D eigenvalue weighted by Gasteiger charge is -2.13. The molecule has 2 amide bonds. The Balaban J connectivity index is 1.90. The molecule has 27 heavy (non-hydrogen) atoms. The maximum Gasteiger partial charge on any atom is 0.290 e. The predicted molar refractivity (Wildman–Crippen MR) is 100 cm³/mol. The zero-order chi connectivity index (χ0) is 19.4. The maximum absolute atomic E-state index is 12.6. The van der Waals surface area contributed by atoms with Gasteiger partial charge in [-0.05, 0) is 24.1 Å². The summed E-state index contributed by atoms with van der Waals surface area (Å²) in [7, 11) is 0. The number of hydrogen-bond acceptors (Lipinski definition) is 5. The number of amides is 2. The number of nitrogens with one attached hydrogen (secondary N) is 2. The van der Waals surface area contributed by atoms with E-state index in [4.69, 9.17) is 0 Å². The Morgan fingerprint density at radius 2 is 1.74 bits per heavy atom. The van der Waals surface area contributed by atoms with Gasteiger partial charge in [-0.2, -0.15) is 5.10 Å². The number of hydrazine groups is 1. The van der Waals surface area contributed by atoms with E-state index in [1.165, 1.54) is 10.9 Å². The molecule has 3 rings (SSSR count). The second-order valence-corrected chi connectivity index (χ2v) is 6.43. The van der Waals surface area contributed by atoms with E-state index in [0.717, 1.165) is 0 Å². The van der Waals surface area contributed by atoms with Crippen LogP contribution in [0.1, 0.15) is 34.7 Å². The molecule has 0 saturated heterocycles. The Hall–Kier alpha value is -3.55. The van der Waals surface area contributed by atoms with Gasteiger partial charge in [-0.3, -0.25) is 30.2 Å². The normalized spacial score (nSPS) is 10.8. The molecule has 0 aliphatic carbocycles. The highest BCUT2D eigenvalue weighted by atomic mass is 16.2. The van der Waals surface area contributed by atoms with Crippen molar-refractivity contribution >= 4 is 22.6 Å². The number of fused-ring (bicyclic) bond motifs is 1. The van der Waals surface area contributed by atoms with Crippen molar-refractivity contribution in [2.45, 2.75) is 20.4 Å². The van der Waals surface area contributed by atoms with Gasteiger partial charge in [0.15, 0.2) is 5.69 Å². The molecule has 8 heteroatoms. The molecule has 8 nitrogen and oxygen atoms in total. The summed E-state index contributed by atoms with van der Waals surface area (Å²) in [6.45, 7) is 4.29. The molecule has 0 atom stereocenters. The molecule has 0 saturated carbocycles. The van der Waals surface area contributed by atoms with Crippen molar-refractivity contribution < 1.29 is 9.59 Å². The zero-order valence-corrected chi connectivity index (χ0v) is 15.0. The van der Waals surface area contributed by atoms with Crippen molar-refractivity contribution in [3.63, 3.8) is 0 Å². The molecule has 0 spiro atoms. The minimum atomic E-state index is -0.610. The summed E-state index contributed by atoms with van der Waals surface area (Å²) in [6.07, 6.45) is 2.93. The Morgan fingerprint density at radius 3 is 2.41 bits per heavy atom. The summed E-state index contributed by atoms with van der Waals surface area (Å²) in [5.41, 5.74) is 4.79. The van der Waals surface area contributed by atoms with Gasteiger partial charge < -0.3 is 0 Å². The van der Waals surface area contributed by atoms with Crippen LogP contribution in [0, 0.1) is 5.92 Å². The van der Waals surface area contributed by atoms with Crippen LogP contribution in [0.25, 0.3) is 10.8 Å². The van der Waals surface area contributed by atoms with E-state index < -0.39 is 11.8 Å². The first kappa shape index (κ1) is 18.2. The van der Waals surface area contributed by atoms with Crippen molar-refractivity contribution in [2.24, 2.45) is 5.92 Å². The smallest absolute Gasteiger partial charge is 0.267 e. The standard InChI is InChI=1S/C19H19N5O3/c1-12(2)11-24-19(27)15-8-4-3-7-14(15)16(23-24)18(26)22-21-17(25)13-6-5-9-20-10-13/h3-10,12H,11H2,1-2H3,(H,21,25)(H,22,26). The van der Waals surface area contributed by atoms with Gasteiger partial charge in [-0.25, -0.2) is 4.68 Å². The van der Waals surface area contributed by atoms with Crippen LogP contribution in [0.4, 0.5) is 0 Å². The predicted octanol–water partition coefficient (Wildman–Crippen LogP) is 1.52. The number of carbonyl (C=O) groups is 2. The van der Waals surface area contributed by atoms with Crippen molar-refractivity contribution in [1.29, 1.82) is 0 Å². The van der Waals surface area contributed by atoms with Gasteiger partial charge in [-0.1, -0.05) is 32.0 Å². The third-order valence-corrected chi connectivity index (χ3v) is 3.83. The summed E-state index contributed by atoms with van der Waals surface area (Å²) in [5, 5.41) is 5.05. The number of nitrogens with zero attached hydrogens (tertiary/aromatic N) is 3. The Morgan fingerprint density at radius 1 is 1.04 bits per heavy atom. The Kier molecular flexibility index (Phi) is 5.25. The van der Waals surface area contributed by atoms with E-state index in [1.807, 2.05) is 13.8 Å². The van der Waals surface area contributed by atoms with Gasteiger partial charge in [0.25, 0.3) is 17.4 Å². The van der Waals surface area contributed by atoms with E-state index in [9.17, 15) is 14.4 Å².